The van der Waals surface area contributed by atoms with Gasteiger partial charge in [-0.2, -0.15) is 9.97 Å². The van der Waals surface area contributed by atoms with E-state index in [1.54, 1.807) is 0 Å². The second-order valence-electron chi connectivity index (χ2n) is 12.5. The van der Waals surface area contributed by atoms with E-state index in [1.807, 2.05) is 24.3 Å². The summed E-state index contributed by atoms with van der Waals surface area (Å²) in [6, 6.07) is 58.5. The molecule has 3 aromatic heterocycles. The molecule has 0 saturated carbocycles. The Hall–Kier alpha value is -6.85. The Morgan fingerprint density at radius 1 is 0.380 bits per heavy atom. The lowest BCUT2D eigenvalue weighted by molar-refractivity contribution is 0.669. The maximum Gasteiger partial charge on any atom is 0.238 e. The SMILES string of the molecule is c1ccc(-c2cccc(-c3nc(-c4cccc(-c5ccccc5)c4)nc(-n4c5ccccc5c5ccc6oc7ccccc7c6c54)n3)c2)cc1. The lowest BCUT2D eigenvalue weighted by Crippen LogP contribution is -2.06. The maximum atomic E-state index is 6.38. The third-order valence-corrected chi connectivity index (χ3v) is 9.45. The normalized spacial score (nSPS) is 11.6. The van der Waals surface area contributed by atoms with Crippen LogP contribution in [-0.2, 0) is 0 Å². The summed E-state index contributed by atoms with van der Waals surface area (Å²) in [6.45, 7) is 0. The van der Waals surface area contributed by atoms with Gasteiger partial charge >= 0.3 is 0 Å². The summed E-state index contributed by atoms with van der Waals surface area (Å²) in [7, 11) is 0. The first-order valence-corrected chi connectivity index (χ1v) is 16.7. The number of hydrogen-bond donors (Lipinski definition) is 0. The number of para-hydroxylation sites is 2. The van der Waals surface area contributed by atoms with Crippen molar-refractivity contribution in [2.45, 2.75) is 0 Å². The van der Waals surface area contributed by atoms with Crippen LogP contribution in [0.3, 0.4) is 0 Å². The molecule has 0 radical (unpaired) electrons. The van der Waals surface area contributed by atoms with Crippen LogP contribution in [0, 0.1) is 0 Å². The van der Waals surface area contributed by atoms with Crippen LogP contribution in [0.5, 0.6) is 0 Å². The number of hydrogen-bond acceptors (Lipinski definition) is 4. The van der Waals surface area contributed by atoms with Gasteiger partial charge < -0.3 is 4.42 Å². The van der Waals surface area contributed by atoms with Crippen molar-refractivity contribution in [3.8, 4) is 51.0 Å². The number of nitrogens with zero attached hydrogens (tertiary/aromatic N) is 4. The van der Waals surface area contributed by atoms with Crippen molar-refractivity contribution < 1.29 is 4.42 Å². The van der Waals surface area contributed by atoms with Gasteiger partial charge in [0.15, 0.2) is 11.6 Å². The molecule has 5 heteroatoms. The molecule has 0 N–H and O–H groups in total. The molecule has 0 atom stereocenters. The van der Waals surface area contributed by atoms with Crippen LogP contribution < -0.4 is 0 Å². The average Bonchev–Trinajstić information content (AvgIpc) is 3.74. The lowest BCUT2D eigenvalue weighted by atomic mass is 10.0. The van der Waals surface area contributed by atoms with Crippen molar-refractivity contribution in [3.05, 3.63) is 170 Å². The van der Waals surface area contributed by atoms with Gasteiger partial charge in [-0.05, 0) is 58.7 Å². The molecule has 0 unspecified atom stereocenters. The fourth-order valence-corrected chi connectivity index (χ4v) is 7.13. The first-order valence-electron chi connectivity index (χ1n) is 16.7. The van der Waals surface area contributed by atoms with Gasteiger partial charge in [-0.15, -0.1) is 0 Å². The molecule has 7 aromatic carbocycles. The van der Waals surface area contributed by atoms with E-state index in [0.717, 1.165) is 77.1 Å². The van der Waals surface area contributed by atoms with Gasteiger partial charge in [-0.1, -0.05) is 133 Å². The monoisotopic (exact) mass is 640 g/mol. The first kappa shape index (κ1) is 28.2. The Morgan fingerprint density at radius 3 is 1.58 bits per heavy atom. The molecular formula is C45H28N4O. The van der Waals surface area contributed by atoms with E-state index in [2.05, 4.69) is 150 Å². The molecule has 5 nitrogen and oxygen atoms in total. The predicted octanol–water partition coefficient (Wildman–Crippen LogP) is 11.5. The van der Waals surface area contributed by atoms with Crippen molar-refractivity contribution in [1.29, 1.82) is 0 Å². The molecule has 0 fully saturated rings. The minimum Gasteiger partial charge on any atom is -0.456 e. The zero-order valence-electron chi connectivity index (χ0n) is 26.9. The fraction of sp³-hybridized carbons (Fsp3) is 0. The summed E-state index contributed by atoms with van der Waals surface area (Å²) in [5, 5.41) is 4.32. The Bertz CT molecular complexity index is 2770. The largest absolute Gasteiger partial charge is 0.456 e. The topological polar surface area (TPSA) is 56.7 Å². The number of fused-ring (bicyclic) bond motifs is 7. The van der Waals surface area contributed by atoms with Crippen molar-refractivity contribution in [2.24, 2.45) is 0 Å². The molecule has 0 aliphatic rings. The molecular weight excluding hydrogens is 613 g/mol. The quantitative estimate of drug-likeness (QED) is 0.188. The van der Waals surface area contributed by atoms with E-state index in [1.165, 1.54) is 0 Å². The highest BCUT2D eigenvalue weighted by Crippen LogP contribution is 2.40. The smallest absolute Gasteiger partial charge is 0.238 e. The van der Waals surface area contributed by atoms with Gasteiger partial charge in [0.2, 0.25) is 5.95 Å². The molecule has 10 rings (SSSR count). The van der Waals surface area contributed by atoms with Crippen LogP contribution in [0.25, 0.3) is 94.7 Å². The molecule has 0 saturated heterocycles. The Balaban J connectivity index is 1.28. The highest BCUT2D eigenvalue weighted by Gasteiger charge is 2.22. The molecule has 234 valence electrons. The predicted molar refractivity (Wildman–Crippen MR) is 203 cm³/mol. The van der Waals surface area contributed by atoms with E-state index in [4.69, 9.17) is 19.4 Å². The summed E-state index contributed by atoms with van der Waals surface area (Å²) in [4.78, 5) is 15.7. The molecule has 0 aliphatic carbocycles. The number of benzene rings is 7. The van der Waals surface area contributed by atoms with Crippen LogP contribution >= 0.6 is 0 Å². The van der Waals surface area contributed by atoms with Gasteiger partial charge in [-0.3, -0.25) is 4.57 Å². The molecule has 0 spiro atoms. The third kappa shape index (κ3) is 4.60. The van der Waals surface area contributed by atoms with Crippen molar-refractivity contribution in [1.82, 2.24) is 19.5 Å². The molecule has 50 heavy (non-hydrogen) atoms. The zero-order chi connectivity index (χ0) is 33.0. The van der Waals surface area contributed by atoms with Crippen LogP contribution in [0.1, 0.15) is 0 Å². The number of furan rings is 1. The van der Waals surface area contributed by atoms with E-state index in [-0.39, 0.29) is 0 Å². The second-order valence-corrected chi connectivity index (χ2v) is 12.5. The molecule has 3 heterocycles. The van der Waals surface area contributed by atoms with Crippen molar-refractivity contribution in [2.75, 3.05) is 0 Å². The van der Waals surface area contributed by atoms with Gasteiger partial charge in [0.25, 0.3) is 0 Å². The molecule has 0 bridgehead atoms. The third-order valence-electron chi connectivity index (χ3n) is 9.45. The number of rotatable bonds is 5. The summed E-state index contributed by atoms with van der Waals surface area (Å²) in [6.07, 6.45) is 0. The fourth-order valence-electron chi connectivity index (χ4n) is 7.13. The van der Waals surface area contributed by atoms with Crippen molar-refractivity contribution in [3.63, 3.8) is 0 Å². The number of aromatic nitrogens is 4. The van der Waals surface area contributed by atoms with E-state index in [9.17, 15) is 0 Å². The van der Waals surface area contributed by atoms with Crippen molar-refractivity contribution >= 4 is 43.7 Å². The van der Waals surface area contributed by atoms with Crippen LogP contribution in [0.4, 0.5) is 0 Å². The highest BCUT2D eigenvalue weighted by atomic mass is 16.3. The van der Waals surface area contributed by atoms with E-state index in [0.29, 0.717) is 17.6 Å². The van der Waals surface area contributed by atoms with Gasteiger partial charge in [0, 0.05) is 27.3 Å². The maximum absolute atomic E-state index is 6.38. The van der Waals surface area contributed by atoms with Gasteiger partial charge in [0.1, 0.15) is 11.2 Å². The molecule has 0 aliphatic heterocycles. The minimum atomic E-state index is 0.546. The molecule has 10 aromatic rings. The van der Waals surface area contributed by atoms with Crippen LogP contribution in [0.15, 0.2) is 174 Å². The Kier molecular flexibility index (Phi) is 6.42. The standard InChI is InChI=1S/C45H28N4O/c1-3-13-29(14-4-1)31-17-11-19-33(27-31)43-46-44(34-20-12-18-32(28-34)30-15-5-2-6-16-30)48-45(47-43)49-38-23-9-7-21-35(38)36-25-26-40-41(42(36)49)37-22-8-10-24-39(37)50-40/h1-28H. The summed E-state index contributed by atoms with van der Waals surface area (Å²) < 4.78 is 8.56. The van der Waals surface area contributed by atoms with E-state index < -0.39 is 0 Å². The molecule has 0 amide bonds. The Morgan fingerprint density at radius 2 is 0.920 bits per heavy atom. The van der Waals surface area contributed by atoms with Gasteiger partial charge in [0.05, 0.1) is 16.4 Å². The lowest BCUT2D eigenvalue weighted by Gasteiger charge is -2.12. The summed E-state index contributed by atoms with van der Waals surface area (Å²) in [5.74, 6) is 1.75. The minimum absolute atomic E-state index is 0.546. The second kappa shape index (κ2) is 11.4. The Labute approximate surface area is 287 Å². The summed E-state index contributed by atoms with van der Waals surface area (Å²) >= 11 is 0. The highest BCUT2D eigenvalue weighted by molar-refractivity contribution is 6.24. The zero-order valence-corrected chi connectivity index (χ0v) is 26.9. The van der Waals surface area contributed by atoms with Crippen LogP contribution in [-0.4, -0.2) is 19.5 Å². The van der Waals surface area contributed by atoms with Crippen LogP contribution in [0.2, 0.25) is 0 Å². The first-order chi connectivity index (χ1) is 24.8. The average molecular weight is 641 g/mol. The van der Waals surface area contributed by atoms with E-state index >= 15 is 0 Å². The summed E-state index contributed by atoms with van der Waals surface area (Å²) in [5.41, 5.74) is 9.98. The van der Waals surface area contributed by atoms with Gasteiger partial charge in [-0.25, -0.2) is 4.98 Å².